The summed E-state index contributed by atoms with van der Waals surface area (Å²) in [5.74, 6) is 0. The van der Waals surface area contributed by atoms with E-state index >= 15 is 0 Å². The first-order valence-corrected chi connectivity index (χ1v) is 9.37. The van der Waals surface area contributed by atoms with Crippen LogP contribution in [0.4, 0.5) is 0 Å². The van der Waals surface area contributed by atoms with Crippen molar-refractivity contribution in [2.24, 2.45) is 0 Å². The van der Waals surface area contributed by atoms with E-state index in [0.717, 1.165) is 20.9 Å². The van der Waals surface area contributed by atoms with Gasteiger partial charge in [-0.15, -0.1) is 0 Å². The normalized spacial score (nSPS) is 11.5. The Labute approximate surface area is 140 Å². The van der Waals surface area contributed by atoms with E-state index in [0.29, 0.717) is 5.56 Å². The predicted octanol–water partition coefficient (Wildman–Crippen LogP) is 5.08. The monoisotopic (exact) mass is 350 g/mol. The Morgan fingerprint density at radius 2 is 1.52 bits per heavy atom. The van der Waals surface area contributed by atoms with Crippen LogP contribution in [-0.4, -0.2) is 19.7 Å². The van der Waals surface area contributed by atoms with Crippen LogP contribution in [0.1, 0.15) is 21.5 Å². The topological polar surface area (TPSA) is 52.6 Å². The fourth-order valence-electron chi connectivity index (χ4n) is 2.02. The molecule has 0 heterocycles. The number of carbonyl (C=O) groups is 1. The lowest BCUT2D eigenvalue weighted by Crippen LogP contribution is -2.06. The van der Waals surface area contributed by atoms with Crippen molar-refractivity contribution in [1.29, 1.82) is 0 Å². The molecule has 0 saturated carbocycles. The molecule has 0 amide bonds. The molecular formula is C17H19O4PS. The number of rotatable bonds is 6. The zero-order valence-corrected chi connectivity index (χ0v) is 15.2. The summed E-state index contributed by atoms with van der Waals surface area (Å²) < 4.78 is 22.1. The molecule has 0 N–H and O–H groups in total. The van der Waals surface area contributed by atoms with Crippen LogP contribution in [0.3, 0.4) is 0 Å². The molecule has 0 spiro atoms. The van der Waals surface area contributed by atoms with Crippen molar-refractivity contribution in [2.45, 2.75) is 23.6 Å². The van der Waals surface area contributed by atoms with Crippen molar-refractivity contribution in [3.05, 3.63) is 59.2 Å². The number of hydrogen-bond donors (Lipinski definition) is 0. The summed E-state index contributed by atoms with van der Waals surface area (Å²) in [5, 5.41) is 0. The van der Waals surface area contributed by atoms with E-state index in [2.05, 4.69) is 0 Å². The van der Waals surface area contributed by atoms with Crippen molar-refractivity contribution in [1.82, 2.24) is 0 Å². The van der Waals surface area contributed by atoms with Gasteiger partial charge in [-0.2, -0.15) is 0 Å². The van der Waals surface area contributed by atoms with Gasteiger partial charge in [0.25, 0.3) is 5.52 Å². The lowest BCUT2D eigenvalue weighted by molar-refractivity contribution is 0.102. The van der Waals surface area contributed by atoms with E-state index in [9.17, 15) is 9.36 Å². The molecule has 0 aromatic heterocycles. The van der Waals surface area contributed by atoms with Crippen LogP contribution in [0, 0.1) is 13.8 Å². The Kier molecular flexibility index (Phi) is 5.82. The molecule has 2 rings (SSSR count). The van der Waals surface area contributed by atoms with Gasteiger partial charge in [0.1, 0.15) is 0 Å². The van der Waals surface area contributed by atoms with Crippen molar-refractivity contribution < 1.29 is 18.4 Å². The Morgan fingerprint density at radius 1 is 0.957 bits per heavy atom. The number of carbonyl (C=O) groups excluding carboxylic acids is 1. The largest absolute Gasteiger partial charge is 0.401 e. The van der Waals surface area contributed by atoms with Crippen molar-refractivity contribution in [3.63, 3.8) is 0 Å². The molecule has 2 aromatic carbocycles. The summed E-state index contributed by atoms with van der Waals surface area (Å²) in [6, 6.07) is 13.5. The number of benzene rings is 2. The molecule has 4 nitrogen and oxygen atoms in total. The molecule has 0 fully saturated rings. The highest BCUT2D eigenvalue weighted by atomic mass is 32.2. The summed E-state index contributed by atoms with van der Waals surface area (Å²) >= 11 is 1.44. The molecule has 0 unspecified atom stereocenters. The van der Waals surface area contributed by atoms with E-state index in [1.807, 2.05) is 50.2 Å². The van der Waals surface area contributed by atoms with Crippen LogP contribution in [0.15, 0.2) is 52.3 Å². The molecule has 0 atom stereocenters. The summed E-state index contributed by atoms with van der Waals surface area (Å²) in [4.78, 5) is 14.3. The minimum absolute atomic E-state index is 0.350. The molecule has 23 heavy (non-hydrogen) atoms. The van der Waals surface area contributed by atoms with Gasteiger partial charge in [-0.25, -0.2) is 0 Å². The van der Waals surface area contributed by atoms with Crippen molar-refractivity contribution in [2.75, 3.05) is 14.2 Å². The van der Waals surface area contributed by atoms with Crippen molar-refractivity contribution >= 4 is 24.9 Å². The van der Waals surface area contributed by atoms with Crippen LogP contribution in [0.25, 0.3) is 0 Å². The zero-order valence-electron chi connectivity index (χ0n) is 13.5. The van der Waals surface area contributed by atoms with Crippen LogP contribution >= 0.6 is 19.4 Å². The summed E-state index contributed by atoms with van der Waals surface area (Å²) in [5.41, 5.74) is 1.79. The first-order valence-electron chi connectivity index (χ1n) is 7.01. The van der Waals surface area contributed by atoms with E-state index in [1.54, 1.807) is 6.07 Å². The van der Waals surface area contributed by atoms with E-state index < -0.39 is 13.1 Å². The van der Waals surface area contributed by atoms with Gasteiger partial charge in [0.2, 0.25) is 0 Å². The Bertz CT molecular complexity index is 748. The molecule has 122 valence electrons. The minimum Gasteiger partial charge on any atom is -0.306 e. The standard InChI is InChI=1S/C17H19O4PS/c1-12-5-8-14(9-6-12)23-16-10-7-13(2)11-15(16)17(18)22(19,20-3)21-4/h5-11H,1-4H3. The molecular weight excluding hydrogens is 331 g/mol. The highest BCUT2D eigenvalue weighted by molar-refractivity contribution is 7.99. The molecule has 6 heteroatoms. The Balaban J connectivity index is 2.43. The van der Waals surface area contributed by atoms with Gasteiger partial charge in [-0.3, -0.25) is 9.36 Å². The lowest BCUT2D eigenvalue weighted by atomic mass is 10.1. The van der Waals surface area contributed by atoms with Gasteiger partial charge < -0.3 is 9.05 Å². The third kappa shape index (κ3) is 4.12. The predicted molar refractivity (Wildman–Crippen MR) is 92.4 cm³/mol. The van der Waals surface area contributed by atoms with Gasteiger partial charge >= 0.3 is 7.60 Å². The van der Waals surface area contributed by atoms with Gasteiger partial charge in [-0.1, -0.05) is 41.1 Å². The second kappa shape index (κ2) is 7.45. The maximum atomic E-state index is 12.6. The van der Waals surface area contributed by atoms with Gasteiger partial charge in [0.15, 0.2) is 0 Å². The highest BCUT2D eigenvalue weighted by Gasteiger charge is 2.35. The molecule has 0 aliphatic heterocycles. The molecule has 0 radical (unpaired) electrons. The number of hydrogen-bond acceptors (Lipinski definition) is 5. The third-order valence-corrected chi connectivity index (χ3v) is 6.13. The highest BCUT2D eigenvalue weighted by Crippen LogP contribution is 2.51. The van der Waals surface area contributed by atoms with Crippen LogP contribution < -0.4 is 0 Å². The molecule has 0 saturated heterocycles. The van der Waals surface area contributed by atoms with Gasteiger partial charge in [-0.05, 0) is 38.1 Å². The maximum Gasteiger partial charge on any atom is 0.401 e. The first kappa shape index (κ1) is 18.0. The van der Waals surface area contributed by atoms with E-state index in [4.69, 9.17) is 9.05 Å². The molecule has 2 aromatic rings. The van der Waals surface area contributed by atoms with Gasteiger partial charge in [0.05, 0.1) is 0 Å². The number of aryl methyl sites for hydroxylation is 2. The van der Waals surface area contributed by atoms with Gasteiger partial charge in [0, 0.05) is 29.6 Å². The Morgan fingerprint density at radius 3 is 2.09 bits per heavy atom. The van der Waals surface area contributed by atoms with Crippen LogP contribution in [0.5, 0.6) is 0 Å². The average Bonchev–Trinajstić information content (AvgIpc) is 2.57. The second-order valence-electron chi connectivity index (χ2n) is 5.08. The minimum atomic E-state index is -3.81. The van der Waals surface area contributed by atoms with Crippen molar-refractivity contribution in [3.8, 4) is 0 Å². The lowest BCUT2D eigenvalue weighted by Gasteiger charge is -2.15. The molecule has 0 aliphatic carbocycles. The molecule has 0 bridgehead atoms. The van der Waals surface area contributed by atoms with E-state index in [-0.39, 0.29) is 0 Å². The van der Waals surface area contributed by atoms with Crippen LogP contribution in [-0.2, 0) is 13.6 Å². The second-order valence-corrected chi connectivity index (χ2v) is 8.33. The fraction of sp³-hybridized carbons (Fsp3) is 0.235. The van der Waals surface area contributed by atoms with E-state index in [1.165, 1.54) is 26.0 Å². The smallest absolute Gasteiger partial charge is 0.306 e. The average molecular weight is 350 g/mol. The maximum absolute atomic E-state index is 12.6. The Hall–Kier alpha value is -1.39. The first-order chi connectivity index (χ1) is 10.9. The SMILES string of the molecule is COP(=O)(OC)C(=O)c1cc(C)ccc1Sc1ccc(C)cc1. The fourth-order valence-corrected chi connectivity index (χ4v) is 3.98. The summed E-state index contributed by atoms with van der Waals surface area (Å²) in [6.45, 7) is 3.89. The zero-order chi connectivity index (χ0) is 17.0. The quantitative estimate of drug-likeness (QED) is 0.680. The molecule has 0 aliphatic rings. The third-order valence-electron chi connectivity index (χ3n) is 3.34. The van der Waals surface area contributed by atoms with Crippen LogP contribution in [0.2, 0.25) is 0 Å². The summed E-state index contributed by atoms with van der Waals surface area (Å²) in [7, 11) is -1.38. The summed E-state index contributed by atoms with van der Waals surface area (Å²) in [6.07, 6.45) is 0.